The van der Waals surface area contributed by atoms with Gasteiger partial charge in [-0.3, -0.25) is 4.79 Å². The highest BCUT2D eigenvalue weighted by molar-refractivity contribution is 5.77. The Morgan fingerprint density at radius 2 is 2.13 bits per heavy atom. The first kappa shape index (κ1) is 11.7. The first-order valence-electron chi connectivity index (χ1n) is 4.67. The van der Waals surface area contributed by atoms with Crippen LogP contribution in [0.3, 0.4) is 0 Å². The van der Waals surface area contributed by atoms with E-state index in [-0.39, 0.29) is 6.54 Å². The molecule has 4 heteroatoms. The maximum absolute atomic E-state index is 13.3. The molecule has 0 aromatic heterocycles. The maximum atomic E-state index is 13.3. The number of carbonyl (C=O) groups is 1. The van der Waals surface area contributed by atoms with Crippen molar-refractivity contribution in [3.05, 3.63) is 34.6 Å². The summed E-state index contributed by atoms with van der Waals surface area (Å²) in [4.78, 5) is 10.9. The lowest BCUT2D eigenvalue weighted by molar-refractivity contribution is -0.138. The van der Waals surface area contributed by atoms with E-state index in [9.17, 15) is 9.18 Å². The largest absolute Gasteiger partial charge is 0.481 e. The summed E-state index contributed by atoms with van der Waals surface area (Å²) in [5.41, 5.74) is 7.01. The van der Waals surface area contributed by atoms with Gasteiger partial charge in [-0.2, -0.15) is 0 Å². The summed E-state index contributed by atoms with van der Waals surface area (Å²) in [5, 5.41) is 8.96. The van der Waals surface area contributed by atoms with Gasteiger partial charge in [0.1, 0.15) is 5.82 Å². The number of halogens is 1. The van der Waals surface area contributed by atoms with Crippen LogP contribution in [-0.2, 0) is 4.79 Å². The van der Waals surface area contributed by atoms with Gasteiger partial charge in [0.25, 0.3) is 0 Å². The lowest BCUT2D eigenvalue weighted by Gasteiger charge is -2.16. The van der Waals surface area contributed by atoms with Gasteiger partial charge in [0.05, 0.1) is 5.92 Å². The molecule has 1 aromatic carbocycles. The second-order valence-electron chi connectivity index (χ2n) is 3.53. The predicted octanol–water partition coefficient (Wildman–Crippen LogP) is 1.57. The van der Waals surface area contributed by atoms with Gasteiger partial charge in [0, 0.05) is 6.54 Å². The average molecular weight is 211 g/mol. The van der Waals surface area contributed by atoms with E-state index >= 15 is 0 Å². The minimum absolute atomic E-state index is 0.0273. The number of benzene rings is 1. The summed E-state index contributed by atoms with van der Waals surface area (Å²) in [6.07, 6.45) is 0. The highest BCUT2D eigenvalue weighted by Gasteiger charge is 2.23. The molecular formula is C11H14FNO2. The zero-order chi connectivity index (χ0) is 11.6. The van der Waals surface area contributed by atoms with Gasteiger partial charge >= 0.3 is 5.97 Å². The van der Waals surface area contributed by atoms with Crippen molar-refractivity contribution in [2.24, 2.45) is 5.73 Å². The maximum Gasteiger partial charge on any atom is 0.312 e. The van der Waals surface area contributed by atoms with Crippen molar-refractivity contribution in [2.75, 3.05) is 6.54 Å². The molecule has 15 heavy (non-hydrogen) atoms. The molecule has 0 bridgehead atoms. The van der Waals surface area contributed by atoms with E-state index in [0.717, 1.165) is 5.56 Å². The fourth-order valence-corrected chi connectivity index (χ4v) is 1.72. The third-order valence-corrected chi connectivity index (χ3v) is 2.55. The van der Waals surface area contributed by atoms with E-state index in [4.69, 9.17) is 10.8 Å². The van der Waals surface area contributed by atoms with E-state index in [0.29, 0.717) is 11.1 Å². The van der Waals surface area contributed by atoms with Crippen LogP contribution in [0.15, 0.2) is 12.1 Å². The molecule has 0 aliphatic rings. The highest BCUT2D eigenvalue weighted by atomic mass is 19.1. The number of aryl methyl sites for hydroxylation is 1. The highest BCUT2D eigenvalue weighted by Crippen LogP contribution is 2.25. The quantitative estimate of drug-likeness (QED) is 0.797. The molecule has 0 aliphatic heterocycles. The Kier molecular flexibility index (Phi) is 3.42. The van der Waals surface area contributed by atoms with Crippen LogP contribution >= 0.6 is 0 Å². The van der Waals surface area contributed by atoms with Gasteiger partial charge in [0.15, 0.2) is 0 Å². The zero-order valence-corrected chi connectivity index (χ0v) is 8.75. The molecule has 0 aliphatic carbocycles. The monoisotopic (exact) mass is 211 g/mol. The Morgan fingerprint density at radius 3 is 2.60 bits per heavy atom. The smallest absolute Gasteiger partial charge is 0.312 e. The fourth-order valence-electron chi connectivity index (χ4n) is 1.72. The number of carboxylic acids is 1. The topological polar surface area (TPSA) is 63.3 Å². The summed E-state index contributed by atoms with van der Waals surface area (Å²) >= 11 is 0. The molecule has 0 saturated heterocycles. The van der Waals surface area contributed by atoms with Crippen LogP contribution in [0.4, 0.5) is 4.39 Å². The van der Waals surface area contributed by atoms with Crippen molar-refractivity contribution in [2.45, 2.75) is 19.8 Å². The van der Waals surface area contributed by atoms with Crippen LogP contribution in [0, 0.1) is 19.7 Å². The molecule has 0 amide bonds. The van der Waals surface area contributed by atoms with E-state index in [1.807, 2.05) is 0 Å². The number of hydrogen-bond acceptors (Lipinski definition) is 2. The van der Waals surface area contributed by atoms with Crippen molar-refractivity contribution in [1.82, 2.24) is 0 Å². The molecular weight excluding hydrogens is 197 g/mol. The van der Waals surface area contributed by atoms with Gasteiger partial charge in [-0.15, -0.1) is 0 Å². The minimum Gasteiger partial charge on any atom is -0.481 e. The second kappa shape index (κ2) is 4.40. The Labute approximate surface area is 87.7 Å². The SMILES string of the molecule is Cc1ccc(F)c(C)c1C(CN)C(=O)O. The van der Waals surface area contributed by atoms with Gasteiger partial charge in [0.2, 0.25) is 0 Å². The lowest BCUT2D eigenvalue weighted by Crippen LogP contribution is -2.23. The van der Waals surface area contributed by atoms with Crippen LogP contribution in [-0.4, -0.2) is 17.6 Å². The van der Waals surface area contributed by atoms with Crippen LogP contribution < -0.4 is 5.73 Å². The molecule has 1 unspecified atom stereocenters. The van der Waals surface area contributed by atoms with Crippen molar-refractivity contribution in [1.29, 1.82) is 0 Å². The first-order valence-corrected chi connectivity index (χ1v) is 4.67. The van der Waals surface area contributed by atoms with Crippen LogP contribution in [0.25, 0.3) is 0 Å². The van der Waals surface area contributed by atoms with Crippen LogP contribution in [0.1, 0.15) is 22.6 Å². The summed E-state index contributed by atoms with van der Waals surface area (Å²) in [7, 11) is 0. The summed E-state index contributed by atoms with van der Waals surface area (Å²) in [6.45, 7) is 3.30. The average Bonchev–Trinajstić information content (AvgIpc) is 2.18. The molecule has 0 heterocycles. The molecule has 1 aromatic rings. The molecule has 0 radical (unpaired) electrons. The Morgan fingerprint density at radius 1 is 1.53 bits per heavy atom. The van der Waals surface area contributed by atoms with Gasteiger partial charge in [-0.05, 0) is 36.6 Å². The molecule has 0 spiro atoms. The van der Waals surface area contributed by atoms with Gasteiger partial charge < -0.3 is 10.8 Å². The van der Waals surface area contributed by atoms with Gasteiger partial charge in [-0.25, -0.2) is 4.39 Å². The Hall–Kier alpha value is -1.42. The van der Waals surface area contributed by atoms with Crippen molar-refractivity contribution >= 4 is 5.97 Å². The standard InChI is InChI=1S/C11H14FNO2/c1-6-3-4-9(12)7(2)10(6)8(5-13)11(14)15/h3-4,8H,5,13H2,1-2H3,(H,14,15). The minimum atomic E-state index is -1.02. The van der Waals surface area contributed by atoms with Crippen LogP contribution in [0.5, 0.6) is 0 Å². The van der Waals surface area contributed by atoms with E-state index < -0.39 is 17.7 Å². The summed E-state index contributed by atoms with van der Waals surface area (Å²) in [6, 6.07) is 2.91. The summed E-state index contributed by atoms with van der Waals surface area (Å²) in [5.74, 6) is -2.25. The Balaban J connectivity index is 3.34. The lowest BCUT2D eigenvalue weighted by atomic mass is 9.90. The molecule has 3 N–H and O–H groups in total. The van der Waals surface area contributed by atoms with E-state index in [1.165, 1.54) is 6.07 Å². The normalized spacial score (nSPS) is 12.5. The van der Waals surface area contributed by atoms with E-state index in [2.05, 4.69) is 0 Å². The molecule has 0 fully saturated rings. The fraction of sp³-hybridized carbons (Fsp3) is 0.364. The predicted molar refractivity (Wildman–Crippen MR) is 55.3 cm³/mol. The number of rotatable bonds is 3. The number of carboxylic acid groups (broad SMARTS) is 1. The zero-order valence-electron chi connectivity index (χ0n) is 8.75. The van der Waals surface area contributed by atoms with Crippen LogP contribution in [0.2, 0.25) is 0 Å². The third kappa shape index (κ3) is 2.15. The molecule has 3 nitrogen and oxygen atoms in total. The molecule has 1 atom stereocenters. The summed E-state index contributed by atoms with van der Waals surface area (Å²) < 4.78 is 13.3. The van der Waals surface area contributed by atoms with Crippen molar-refractivity contribution < 1.29 is 14.3 Å². The number of aliphatic carboxylic acids is 1. The van der Waals surface area contributed by atoms with Gasteiger partial charge in [-0.1, -0.05) is 6.07 Å². The molecule has 0 saturated carbocycles. The third-order valence-electron chi connectivity index (χ3n) is 2.55. The second-order valence-corrected chi connectivity index (χ2v) is 3.53. The van der Waals surface area contributed by atoms with E-state index in [1.54, 1.807) is 19.9 Å². The molecule has 1 rings (SSSR count). The number of nitrogens with two attached hydrogens (primary N) is 1. The molecule has 82 valence electrons. The Bertz CT molecular complexity index is 390. The first-order chi connectivity index (χ1) is 6.99. The van der Waals surface area contributed by atoms with Crippen molar-refractivity contribution in [3.63, 3.8) is 0 Å². The van der Waals surface area contributed by atoms with Crippen molar-refractivity contribution in [3.8, 4) is 0 Å². The number of hydrogen-bond donors (Lipinski definition) is 2.